The van der Waals surface area contributed by atoms with Crippen LogP contribution in [0.4, 0.5) is 0 Å². The lowest BCUT2D eigenvalue weighted by atomic mass is 10.2. The Labute approximate surface area is 186 Å². The lowest BCUT2D eigenvalue weighted by molar-refractivity contribution is -0.123. The van der Waals surface area contributed by atoms with Gasteiger partial charge >= 0.3 is 0 Å². The predicted octanol–water partition coefficient (Wildman–Crippen LogP) is 3.07. The molecule has 0 saturated heterocycles. The van der Waals surface area contributed by atoms with Crippen LogP contribution in [0.25, 0.3) is 0 Å². The number of nitrogens with zero attached hydrogens (tertiary/aromatic N) is 1. The SMILES string of the molecule is CCCCCNC(=NCc1ccc(OCC(=O)NCC)c(OC)c1)NCC.I. The summed E-state index contributed by atoms with van der Waals surface area (Å²) in [5.74, 6) is 1.79. The average Bonchev–Trinajstić information content (AvgIpc) is 2.68. The van der Waals surface area contributed by atoms with Gasteiger partial charge in [-0.1, -0.05) is 25.8 Å². The molecule has 160 valence electrons. The third-order valence-electron chi connectivity index (χ3n) is 3.80. The fourth-order valence-corrected chi connectivity index (χ4v) is 2.41. The van der Waals surface area contributed by atoms with E-state index in [1.54, 1.807) is 7.11 Å². The van der Waals surface area contributed by atoms with Crippen LogP contribution in [0.3, 0.4) is 0 Å². The topological polar surface area (TPSA) is 84.0 Å². The molecule has 0 radical (unpaired) electrons. The molecular formula is C20H35IN4O3. The zero-order valence-electron chi connectivity index (χ0n) is 17.5. The highest BCUT2D eigenvalue weighted by atomic mass is 127. The van der Waals surface area contributed by atoms with Crippen molar-refractivity contribution in [3.8, 4) is 11.5 Å². The molecule has 1 aromatic carbocycles. The number of benzene rings is 1. The van der Waals surface area contributed by atoms with Crippen LogP contribution in [-0.2, 0) is 11.3 Å². The summed E-state index contributed by atoms with van der Waals surface area (Å²) < 4.78 is 10.9. The maximum absolute atomic E-state index is 11.5. The lowest BCUT2D eigenvalue weighted by Crippen LogP contribution is -2.37. The van der Waals surface area contributed by atoms with E-state index in [0.717, 1.165) is 31.0 Å². The highest BCUT2D eigenvalue weighted by Crippen LogP contribution is 2.28. The second-order valence-corrected chi connectivity index (χ2v) is 6.06. The number of unbranched alkanes of at least 4 members (excludes halogenated alkanes) is 2. The average molecular weight is 506 g/mol. The number of ether oxygens (including phenoxy) is 2. The van der Waals surface area contributed by atoms with E-state index >= 15 is 0 Å². The highest BCUT2D eigenvalue weighted by Gasteiger charge is 2.08. The third-order valence-corrected chi connectivity index (χ3v) is 3.80. The number of guanidine groups is 1. The van der Waals surface area contributed by atoms with Gasteiger partial charge in [-0.15, -0.1) is 24.0 Å². The molecule has 0 bridgehead atoms. The van der Waals surface area contributed by atoms with Crippen molar-refractivity contribution >= 4 is 35.8 Å². The van der Waals surface area contributed by atoms with E-state index in [4.69, 9.17) is 9.47 Å². The summed E-state index contributed by atoms with van der Waals surface area (Å²) in [7, 11) is 1.58. The second-order valence-electron chi connectivity index (χ2n) is 6.06. The molecule has 0 atom stereocenters. The van der Waals surface area contributed by atoms with Gasteiger partial charge in [-0.2, -0.15) is 0 Å². The number of carbonyl (C=O) groups excluding carboxylic acids is 1. The van der Waals surface area contributed by atoms with Gasteiger partial charge in [-0.25, -0.2) is 4.99 Å². The molecule has 3 N–H and O–H groups in total. The van der Waals surface area contributed by atoms with Gasteiger partial charge in [0, 0.05) is 19.6 Å². The van der Waals surface area contributed by atoms with Gasteiger partial charge in [0.15, 0.2) is 24.1 Å². The summed E-state index contributed by atoms with van der Waals surface area (Å²) >= 11 is 0. The molecule has 1 aromatic rings. The number of amides is 1. The lowest BCUT2D eigenvalue weighted by Gasteiger charge is -2.13. The first-order valence-corrected chi connectivity index (χ1v) is 9.73. The van der Waals surface area contributed by atoms with Gasteiger partial charge in [0.05, 0.1) is 13.7 Å². The molecule has 0 saturated carbocycles. The molecule has 0 spiro atoms. The summed E-state index contributed by atoms with van der Waals surface area (Å²) in [4.78, 5) is 16.2. The molecule has 8 heteroatoms. The number of halogens is 1. The van der Waals surface area contributed by atoms with E-state index in [-0.39, 0.29) is 36.5 Å². The van der Waals surface area contributed by atoms with Gasteiger partial charge in [-0.3, -0.25) is 4.79 Å². The highest BCUT2D eigenvalue weighted by molar-refractivity contribution is 14.0. The summed E-state index contributed by atoms with van der Waals surface area (Å²) in [6, 6.07) is 5.63. The molecule has 0 unspecified atom stereocenters. The smallest absolute Gasteiger partial charge is 0.257 e. The first-order valence-electron chi connectivity index (χ1n) is 9.73. The number of hydrogen-bond donors (Lipinski definition) is 3. The van der Waals surface area contributed by atoms with E-state index in [2.05, 4.69) is 27.9 Å². The molecule has 1 rings (SSSR count). The van der Waals surface area contributed by atoms with Gasteiger partial charge in [0.25, 0.3) is 5.91 Å². The molecule has 7 nitrogen and oxygen atoms in total. The van der Waals surface area contributed by atoms with Crippen molar-refractivity contribution in [1.82, 2.24) is 16.0 Å². The fourth-order valence-electron chi connectivity index (χ4n) is 2.41. The first kappa shape index (κ1) is 26.3. The standard InChI is InChI=1S/C20H34N4O3.HI/c1-5-8-9-12-23-20(22-7-3)24-14-16-10-11-17(18(13-16)26-4)27-15-19(25)21-6-2;/h10-11,13H,5-9,12,14-15H2,1-4H3,(H,21,25)(H2,22,23,24);1H. The zero-order valence-corrected chi connectivity index (χ0v) is 19.8. The molecule has 0 aliphatic carbocycles. The van der Waals surface area contributed by atoms with E-state index < -0.39 is 0 Å². The molecule has 0 aliphatic heterocycles. The first-order chi connectivity index (χ1) is 13.1. The van der Waals surface area contributed by atoms with Crippen molar-refractivity contribution in [1.29, 1.82) is 0 Å². The van der Waals surface area contributed by atoms with E-state index in [9.17, 15) is 4.79 Å². The summed E-state index contributed by atoms with van der Waals surface area (Å²) in [6.45, 7) is 8.91. The Morgan fingerprint density at radius 2 is 1.79 bits per heavy atom. The molecule has 0 heterocycles. The maximum Gasteiger partial charge on any atom is 0.257 e. The minimum absolute atomic E-state index is 0. The minimum atomic E-state index is -0.155. The number of likely N-dealkylation sites (N-methyl/N-ethyl adjacent to an activating group) is 1. The predicted molar refractivity (Wildman–Crippen MR) is 125 cm³/mol. The summed E-state index contributed by atoms with van der Waals surface area (Å²) in [5.41, 5.74) is 1.00. The maximum atomic E-state index is 11.5. The monoisotopic (exact) mass is 506 g/mol. The Kier molecular flexibility index (Phi) is 15.3. The summed E-state index contributed by atoms with van der Waals surface area (Å²) in [5, 5.41) is 9.30. The number of rotatable bonds is 12. The van der Waals surface area contributed by atoms with Gasteiger partial charge in [0.1, 0.15) is 0 Å². The number of methoxy groups -OCH3 is 1. The molecule has 1 amide bonds. The zero-order chi connectivity index (χ0) is 19.9. The largest absolute Gasteiger partial charge is 0.493 e. The van der Waals surface area contributed by atoms with Crippen LogP contribution in [0.15, 0.2) is 23.2 Å². The number of hydrogen-bond acceptors (Lipinski definition) is 4. The van der Waals surface area contributed by atoms with Crippen molar-refractivity contribution in [2.45, 2.75) is 46.6 Å². The molecule has 0 aliphatic rings. The van der Waals surface area contributed by atoms with Crippen LogP contribution in [0.5, 0.6) is 11.5 Å². The fraction of sp³-hybridized carbons (Fsp3) is 0.600. The molecule has 0 fully saturated rings. The molecular weight excluding hydrogens is 471 g/mol. The normalized spacial score (nSPS) is 10.6. The van der Waals surface area contributed by atoms with Gasteiger partial charge < -0.3 is 25.4 Å². The Morgan fingerprint density at radius 3 is 2.43 bits per heavy atom. The Balaban J connectivity index is 0.00000729. The van der Waals surface area contributed by atoms with Crippen LogP contribution >= 0.6 is 24.0 Å². The van der Waals surface area contributed by atoms with Crippen LogP contribution in [-0.4, -0.2) is 45.2 Å². The van der Waals surface area contributed by atoms with E-state index in [0.29, 0.717) is 24.6 Å². The second kappa shape index (κ2) is 16.3. The molecule has 0 aromatic heterocycles. The third kappa shape index (κ3) is 10.6. The Morgan fingerprint density at radius 1 is 1.04 bits per heavy atom. The van der Waals surface area contributed by atoms with Crippen LogP contribution in [0.1, 0.15) is 45.6 Å². The van der Waals surface area contributed by atoms with Crippen LogP contribution in [0, 0.1) is 0 Å². The van der Waals surface area contributed by atoms with Gasteiger partial charge in [-0.05, 0) is 38.0 Å². The molecule has 28 heavy (non-hydrogen) atoms. The van der Waals surface area contributed by atoms with Gasteiger partial charge in [0.2, 0.25) is 0 Å². The van der Waals surface area contributed by atoms with Crippen molar-refractivity contribution in [3.05, 3.63) is 23.8 Å². The van der Waals surface area contributed by atoms with E-state index in [1.807, 2.05) is 32.0 Å². The number of carbonyl (C=O) groups is 1. The van der Waals surface area contributed by atoms with Crippen molar-refractivity contribution in [3.63, 3.8) is 0 Å². The summed E-state index contributed by atoms with van der Waals surface area (Å²) in [6.07, 6.45) is 3.54. The van der Waals surface area contributed by atoms with Crippen molar-refractivity contribution in [2.75, 3.05) is 33.4 Å². The number of nitrogens with one attached hydrogen (secondary N) is 3. The van der Waals surface area contributed by atoms with Crippen LogP contribution in [0.2, 0.25) is 0 Å². The van der Waals surface area contributed by atoms with Crippen molar-refractivity contribution < 1.29 is 14.3 Å². The Bertz CT molecular complexity index is 597. The van der Waals surface area contributed by atoms with Crippen molar-refractivity contribution in [2.24, 2.45) is 4.99 Å². The van der Waals surface area contributed by atoms with E-state index in [1.165, 1.54) is 12.8 Å². The minimum Gasteiger partial charge on any atom is -0.493 e. The quantitative estimate of drug-likeness (QED) is 0.176. The Hall–Kier alpha value is -1.71. The van der Waals surface area contributed by atoms with Crippen LogP contribution < -0.4 is 25.4 Å². The number of aliphatic imine (C=N–C) groups is 1.